The van der Waals surface area contributed by atoms with Crippen LogP contribution < -0.4 is 10.9 Å². The number of benzene rings is 1. The zero-order valence-electron chi connectivity index (χ0n) is 10.3. The van der Waals surface area contributed by atoms with Crippen LogP contribution in [0.15, 0.2) is 24.3 Å². The lowest BCUT2D eigenvalue weighted by molar-refractivity contribution is 0.0698. The van der Waals surface area contributed by atoms with E-state index in [9.17, 15) is 13.2 Å². The second kappa shape index (κ2) is 5.16. The number of amides is 1. The summed E-state index contributed by atoms with van der Waals surface area (Å²) in [5.74, 6) is -0.130. The molecule has 1 saturated heterocycles. The molecule has 1 amide bonds. The Morgan fingerprint density at radius 2 is 1.58 bits per heavy atom. The molecule has 0 bridgehead atoms. The predicted octanol–water partition coefficient (Wildman–Crippen LogP) is -0.770. The van der Waals surface area contributed by atoms with E-state index in [0.29, 0.717) is 24.3 Å². The fourth-order valence-electron chi connectivity index (χ4n) is 1.95. The van der Waals surface area contributed by atoms with Crippen LogP contribution in [0.1, 0.15) is 10.4 Å². The van der Waals surface area contributed by atoms with Crippen LogP contribution in [0.4, 0.5) is 5.69 Å². The Morgan fingerprint density at radius 3 is 2.05 bits per heavy atom. The molecule has 0 aromatic heterocycles. The van der Waals surface area contributed by atoms with Gasteiger partial charge in [0.15, 0.2) is 0 Å². The SMILES string of the molecule is Nc1ccc(C(=O)N2CCN(S(N)(=O)=O)CC2)cc1. The highest BCUT2D eigenvalue weighted by Crippen LogP contribution is 2.11. The monoisotopic (exact) mass is 284 g/mol. The summed E-state index contributed by atoms with van der Waals surface area (Å²) in [6.07, 6.45) is 0. The Hall–Kier alpha value is -1.64. The maximum atomic E-state index is 12.2. The van der Waals surface area contributed by atoms with Crippen LogP contribution in [0.2, 0.25) is 0 Å². The molecule has 7 nitrogen and oxygen atoms in total. The second-order valence-corrected chi connectivity index (χ2v) is 5.90. The van der Waals surface area contributed by atoms with Gasteiger partial charge < -0.3 is 10.6 Å². The minimum atomic E-state index is -3.67. The molecule has 4 N–H and O–H groups in total. The van der Waals surface area contributed by atoms with Crippen molar-refractivity contribution in [1.82, 2.24) is 9.21 Å². The number of rotatable bonds is 2. The number of nitrogen functional groups attached to an aromatic ring is 1. The van der Waals surface area contributed by atoms with Crippen LogP contribution >= 0.6 is 0 Å². The topological polar surface area (TPSA) is 110 Å². The first-order valence-corrected chi connectivity index (χ1v) is 7.31. The summed E-state index contributed by atoms with van der Waals surface area (Å²) in [7, 11) is -3.67. The molecule has 19 heavy (non-hydrogen) atoms. The van der Waals surface area contributed by atoms with E-state index in [-0.39, 0.29) is 19.0 Å². The number of nitrogens with zero attached hydrogens (tertiary/aromatic N) is 2. The van der Waals surface area contributed by atoms with Gasteiger partial charge in [0.2, 0.25) is 0 Å². The molecule has 1 aromatic rings. The van der Waals surface area contributed by atoms with Crippen LogP contribution in [0.25, 0.3) is 0 Å². The predicted molar refractivity (Wildman–Crippen MR) is 71.4 cm³/mol. The van der Waals surface area contributed by atoms with Gasteiger partial charge in [-0.15, -0.1) is 0 Å². The number of carbonyl (C=O) groups is 1. The summed E-state index contributed by atoms with van der Waals surface area (Å²) in [4.78, 5) is 13.8. The lowest BCUT2D eigenvalue weighted by Crippen LogP contribution is -2.52. The smallest absolute Gasteiger partial charge is 0.277 e. The van der Waals surface area contributed by atoms with Gasteiger partial charge in [0.1, 0.15) is 0 Å². The molecule has 8 heteroatoms. The van der Waals surface area contributed by atoms with Crippen LogP contribution in [-0.2, 0) is 10.2 Å². The Balaban J connectivity index is 2.02. The number of piperazine rings is 1. The average Bonchev–Trinajstić information content (AvgIpc) is 2.38. The van der Waals surface area contributed by atoms with Crippen molar-refractivity contribution in [2.75, 3.05) is 31.9 Å². The molecular weight excluding hydrogens is 268 g/mol. The largest absolute Gasteiger partial charge is 0.399 e. The van der Waals surface area contributed by atoms with E-state index >= 15 is 0 Å². The quantitative estimate of drug-likeness (QED) is 0.695. The lowest BCUT2D eigenvalue weighted by Gasteiger charge is -2.32. The van der Waals surface area contributed by atoms with E-state index in [1.54, 1.807) is 29.2 Å². The maximum Gasteiger partial charge on any atom is 0.277 e. The molecule has 2 rings (SSSR count). The van der Waals surface area contributed by atoms with E-state index in [4.69, 9.17) is 10.9 Å². The number of hydrogen-bond acceptors (Lipinski definition) is 4. The van der Waals surface area contributed by atoms with E-state index in [1.165, 1.54) is 4.31 Å². The molecule has 1 heterocycles. The van der Waals surface area contributed by atoms with Gasteiger partial charge in [0, 0.05) is 37.4 Å². The van der Waals surface area contributed by atoms with Crippen LogP contribution in [-0.4, -0.2) is 49.7 Å². The molecule has 0 saturated carbocycles. The third kappa shape index (κ3) is 3.22. The highest BCUT2D eigenvalue weighted by Gasteiger charge is 2.26. The number of nitrogens with two attached hydrogens (primary N) is 2. The standard InChI is InChI=1S/C11H16N4O3S/c12-10-3-1-9(2-4-10)11(16)14-5-7-15(8-6-14)19(13,17)18/h1-4H,5-8,12H2,(H2,13,17,18). The van der Waals surface area contributed by atoms with Crippen molar-refractivity contribution < 1.29 is 13.2 Å². The van der Waals surface area contributed by atoms with Gasteiger partial charge in [-0.3, -0.25) is 4.79 Å². The molecule has 1 aliphatic heterocycles. The summed E-state index contributed by atoms with van der Waals surface area (Å²) in [5.41, 5.74) is 6.69. The number of anilines is 1. The maximum absolute atomic E-state index is 12.2. The van der Waals surface area contributed by atoms with Crippen LogP contribution in [0.3, 0.4) is 0 Å². The van der Waals surface area contributed by atoms with Crippen molar-refractivity contribution in [3.63, 3.8) is 0 Å². The van der Waals surface area contributed by atoms with Crippen LogP contribution in [0, 0.1) is 0 Å². The first kappa shape index (κ1) is 13.8. The van der Waals surface area contributed by atoms with Gasteiger partial charge in [0.25, 0.3) is 16.1 Å². The highest BCUT2D eigenvalue weighted by atomic mass is 32.2. The Kier molecular flexibility index (Phi) is 3.74. The summed E-state index contributed by atoms with van der Waals surface area (Å²) in [5, 5.41) is 5.04. The number of hydrogen-bond donors (Lipinski definition) is 2. The normalized spacial score (nSPS) is 17.4. The molecule has 0 aliphatic carbocycles. The second-order valence-electron chi connectivity index (χ2n) is 4.36. The molecule has 104 valence electrons. The summed E-state index contributed by atoms with van der Waals surface area (Å²) in [6.45, 7) is 1.11. The van der Waals surface area contributed by atoms with Gasteiger partial charge >= 0.3 is 0 Å². The molecule has 0 spiro atoms. The first-order chi connectivity index (χ1) is 8.88. The summed E-state index contributed by atoms with van der Waals surface area (Å²) < 4.78 is 23.5. The van der Waals surface area contributed by atoms with E-state index in [0.717, 1.165) is 0 Å². The zero-order chi connectivity index (χ0) is 14.0. The molecular formula is C11H16N4O3S. The fourth-order valence-corrected chi connectivity index (χ4v) is 2.63. The molecule has 0 atom stereocenters. The average molecular weight is 284 g/mol. The molecule has 1 aromatic carbocycles. The zero-order valence-corrected chi connectivity index (χ0v) is 11.1. The Morgan fingerprint density at radius 1 is 1.05 bits per heavy atom. The molecule has 1 aliphatic rings. The minimum absolute atomic E-state index is 0.130. The van der Waals surface area contributed by atoms with E-state index < -0.39 is 10.2 Å². The summed E-state index contributed by atoms with van der Waals surface area (Å²) >= 11 is 0. The van der Waals surface area contributed by atoms with Crippen molar-refractivity contribution in [2.24, 2.45) is 5.14 Å². The number of carbonyl (C=O) groups excluding carboxylic acids is 1. The van der Waals surface area contributed by atoms with Crippen molar-refractivity contribution in [3.05, 3.63) is 29.8 Å². The van der Waals surface area contributed by atoms with Gasteiger partial charge in [-0.05, 0) is 24.3 Å². The van der Waals surface area contributed by atoms with Crippen molar-refractivity contribution in [2.45, 2.75) is 0 Å². The highest BCUT2D eigenvalue weighted by molar-refractivity contribution is 7.86. The Bertz CT molecular complexity index is 562. The van der Waals surface area contributed by atoms with Crippen molar-refractivity contribution in [3.8, 4) is 0 Å². The van der Waals surface area contributed by atoms with E-state index in [2.05, 4.69) is 0 Å². The lowest BCUT2D eigenvalue weighted by atomic mass is 10.1. The molecule has 0 unspecified atom stereocenters. The van der Waals surface area contributed by atoms with Gasteiger partial charge in [0.05, 0.1) is 0 Å². The molecule has 1 fully saturated rings. The van der Waals surface area contributed by atoms with Crippen LogP contribution in [0.5, 0.6) is 0 Å². The fraction of sp³-hybridized carbons (Fsp3) is 0.364. The van der Waals surface area contributed by atoms with Gasteiger partial charge in [-0.2, -0.15) is 12.7 Å². The first-order valence-electron chi connectivity index (χ1n) is 5.80. The van der Waals surface area contributed by atoms with Gasteiger partial charge in [-0.25, -0.2) is 5.14 Å². The molecule has 0 radical (unpaired) electrons. The minimum Gasteiger partial charge on any atom is -0.399 e. The third-order valence-corrected chi connectivity index (χ3v) is 4.13. The van der Waals surface area contributed by atoms with Gasteiger partial charge in [-0.1, -0.05) is 0 Å². The van der Waals surface area contributed by atoms with Crippen molar-refractivity contribution in [1.29, 1.82) is 0 Å². The summed E-state index contributed by atoms with van der Waals surface area (Å²) in [6, 6.07) is 6.63. The van der Waals surface area contributed by atoms with Crippen molar-refractivity contribution >= 4 is 21.8 Å². The third-order valence-electron chi connectivity index (χ3n) is 3.04. The van der Waals surface area contributed by atoms with E-state index in [1.807, 2.05) is 0 Å². The Labute approximate surface area is 112 Å².